The van der Waals surface area contributed by atoms with Gasteiger partial charge in [-0.25, -0.2) is 0 Å². The molecular formula is C22H27IN4OS. The first-order valence-electron chi connectivity index (χ1n) is 9.40. The van der Waals surface area contributed by atoms with Crippen molar-refractivity contribution in [3.05, 3.63) is 81.8 Å². The van der Waals surface area contributed by atoms with E-state index in [1.807, 2.05) is 47.7 Å². The van der Waals surface area contributed by atoms with Crippen molar-refractivity contribution >= 4 is 41.3 Å². The van der Waals surface area contributed by atoms with Crippen LogP contribution >= 0.6 is 35.3 Å². The Morgan fingerprint density at radius 3 is 2.59 bits per heavy atom. The van der Waals surface area contributed by atoms with Crippen LogP contribution in [0.25, 0.3) is 0 Å². The van der Waals surface area contributed by atoms with E-state index in [2.05, 4.69) is 45.7 Å². The minimum absolute atomic E-state index is 0. The highest BCUT2D eigenvalue weighted by molar-refractivity contribution is 14.0. The average Bonchev–Trinajstić information content (AvgIpc) is 3.21. The van der Waals surface area contributed by atoms with E-state index in [1.54, 1.807) is 13.2 Å². The van der Waals surface area contributed by atoms with Gasteiger partial charge >= 0.3 is 0 Å². The second-order valence-corrected chi connectivity index (χ2v) is 7.51. The fourth-order valence-electron chi connectivity index (χ4n) is 2.67. The summed E-state index contributed by atoms with van der Waals surface area (Å²) in [4.78, 5) is 11.3. The molecule has 2 N–H and O–H groups in total. The Morgan fingerprint density at radius 1 is 1.03 bits per heavy atom. The van der Waals surface area contributed by atoms with Gasteiger partial charge in [-0.1, -0.05) is 25.1 Å². The summed E-state index contributed by atoms with van der Waals surface area (Å²) in [6.07, 6.45) is 2.85. The number of rotatable bonds is 8. The van der Waals surface area contributed by atoms with E-state index in [0.717, 1.165) is 35.9 Å². The molecular weight excluding hydrogens is 495 g/mol. The Labute approximate surface area is 193 Å². The van der Waals surface area contributed by atoms with Crippen molar-refractivity contribution in [1.82, 2.24) is 15.6 Å². The molecule has 0 unspecified atom stereocenters. The molecule has 0 saturated heterocycles. The maximum atomic E-state index is 5.85. The van der Waals surface area contributed by atoms with Crippen molar-refractivity contribution in [2.45, 2.75) is 33.0 Å². The van der Waals surface area contributed by atoms with E-state index in [0.29, 0.717) is 13.2 Å². The molecule has 0 atom stereocenters. The van der Waals surface area contributed by atoms with Gasteiger partial charge in [0, 0.05) is 29.5 Å². The molecule has 3 rings (SSSR count). The number of guanidine groups is 1. The molecule has 29 heavy (non-hydrogen) atoms. The van der Waals surface area contributed by atoms with Gasteiger partial charge in [-0.2, -0.15) is 0 Å². The van der Waals surface area contributed by atoms with Gasteiger partial charge < -0.3 is 15.4 Å². The lowest BCUT2D eigenvalue weighted by Gasteiger charge is -2.12. The molecule has 0 fully saturated rings. The molecule has 0 saturated carbocycles. The van der Waals surface area contributed by atoms with Crippen LogP contribution in [0.15, 0.2) is 65.8 Å². The number of benzene rings is 1. The van der Waals surface area contributed by atoms with E-state index < -0.39 is 0 Å². The van der Waals surface area contributed by atoms with Gasteiger partial charge in [-0.3, -0.25) is 9.98 Å². The summed E-state index contributed by atoms with van der Waals surface area (Å²) in [5, 5.41) is 6.72. The van der Waals surface area contributed by atoms with Crippen LogP contribution in [0.4, 0.5) is 0 Å². The molecule has 2 aromatic heterocycles. The normalized spacial score (nSPS) is 10.9. The van der Waals surface area contributed by atoms with Crippen molar-refractivity contribution in [1.29, 1.82) is 0 Å². The molecule has 7 heteroatoms. The average molecular weight is 522 g/mol. The number of aliphatic imine (C=N–C) groups is 1. The first kappa shape index (κ1) is 23.2. The molecule has 0 radical (unpaired) electrons. The number of aromatic nitrogens is 1. The Balaban J connectivity index is 0.00000300. The van der Waals surface area contributed by atoms with Crippen LogP contribution in [0.3, 0.4) is 0 Å². The number of pyridine rings is 1. The Morgan fingerprint density at radius 2 is 1.86 bits per heavy atom. The second kappa shape index (κ2) is 12.4. The molecule has 2 heterocycles. The van der Waals surface area contributed by atoms with Gasteiger partial charge in [-0.05, 0) is 48.4 Å². The predicted octanol–water partition coefficient (Wildman–Crippen LogP) is 4.77. The highest BCUT2D eigenvalue weighted by Crippen LogP contribution is 2.17. The van der Waals surface area contributed by atoms with Crippen LogP contribution in [-0.4, -0.2) is 18.0 Å². The maximum absolute atomic E-state index is 5.85. The van der Waals surface area contributed by atoms with Crippen LogP contribution in [0.1, 0.15) is 27.9 Å². The molecule has 0 aliphatic carbocycles. The summed E-state index contributed by atoms with van der Waals surface area (Å²) in [5.41, 5.74) is 2.04. The number of hydrogen-bond donors (Lipinski definition) is 2. The zero-order chi connectivity index (χ0) is 19.6. The monoisotopic (exact) mass is 522 g/mol. The maximum Gasteiger partial charge on any atom is 0.191 e. The molecule has 0 bridgehead atoms. The highest BCUT2D eigenvalue weighted by atomic mass is 127. The SMILES string of the molecule is CCc1ccc(CNC(=NC)NCc2cccc(OCc3ccccn3)c2)s1.I. The lowest BCUT2D eigenvalue weighted by molar-refractivity contribution is 0.301. The number of hydrogen-bond acceptors (Lipinski definition) is 4. The molecule has 0 aliphatic rings. The van der Waals surface area contributed by atoms with E-state index in [1.165, 1.54) is 9.75 Å². The molecule has 3 aromatic rings. The van der Waals surface area contributed by atoms with Gasteiger partial charge in [0.2, 0.25) is 0 Å². The third-order valence-electron chi connectivity index (χ3n) is 4.19. The van der Waals surface area contributed by atoms with Crippen molar-refractivity contribution in [2.24, 2.45) is 4.99 Å². The van der Waals surface area contributed by atoms with Crippen LogP contribution in [0.5, 0.6) is 5.75 Å². The number of ether oxygens (including phenoxy) is 1. The van der Waals surface area contributed by atoms with Crippen LogP contribution < -0.4 is 15.4 Å². The topological polar surface area (TPSA) is 58.5 Å². The molecule has 0 aliphatic heterocycles. The fourth-order valence-corrected chi connectivity index (χ4v) is 3.57. The van der Waals surface area contributed by atoms with Crippen LogP contribution in [0, 0.1) is 0 Å². The summed E-state index contributed by atoms with van der Waals surface area (Å²) in [6, 6.07) is 18.2. The van der Waals surface area contributed by atoms with Crippen molar-refractivity contribution in [2.75, 3.05) is 7.05 Å². The number of nitrogens with one attached hydrogen (secondary N) is 2. The number of aryl methyl sites for hydroxylation is 1. The zero-order valence-electron chi connectivity index (χ0n) is 16.7. The fraction of sp³-hybridized carbons (Fsp3) is 0.273. The van der Waals surface area contributed by atoms with Gasteiger partial charge in [0.25, 0.3) is 0 Å². The molecule has 0 amide bonds. The third-order valence-corrected chi connectivity index (χ3v) is 5.42. The van der Waals surface area contributed by atoms with E-state index in [9.17, 15) is 0 Å². The van der Waals surface area contributed by atoms with Gasteiger partial charge in [0.15, 0.2) is 5.96 Å². The lowest BCUT2D eigenvalue weighted by atomic mass is 10.2. The third kappa shape index (κ3) is 7.66. The molecule has 0 spiro atoms. The van der Waals surface area contributed by atoms with Crippen molar-refractivity contribution in [3.8, 4) is 5.75 Å². The standard InChI is InChI=1S/C22H26N4OS.HI/c1-3-20-10-11-21(28-20)15-26-22(23-2)25-14-17-7-6-9-19(13-17)27-16-18-8-4-5-12-24-18;/h4-13H,3,14-16H2,1-2H3,(H2,23,25,26);1H. The van der Waals surface area contributed by atoms with E-state index in [-0.39, 0.29) is 24.0 Å². The number of halogens is 1. The largest absolute Gasteiger partial charge is 0.487 e. The molecule has 1 aromatic carbocycles. The van der Waals surface area contributed by atoms with Gasteiger partial charge in [-0.15, -0.1) is 35.3 Å². The second-order valence-electron chi connectivity index (χ2n) is 6.26. The van der Waals surface area contributed by atoms with E-state index in [4.69, 9.17) is 4.74 Å². The van der Waals surface area contributed by atoms with Crippen molar-refractivity contribution in [3.63, 3.8) is 0 Å². The Kier molecular flexibility index (Phi) is 9.93. The quantitative estimate of drug-likeness (QED) is 0.254. The van der Waals surface area contributed by atoms with Gasteiger partial charge in [0.1, 0.15) is 12.4 Å². The first-order valence-corrected chi connectivity index (χ1v) is 10.2. The summed E-state index contributed by atoms with van der Waals surface area (Å²) < 4.78 is 5.85. The van der Waals surface area contributed by atoms with Crippen molar-refractivity contribution < 1.29 is 4.74 Å². The number of nitrogens with zero attached hydrogens (tertiary/aromatic N) is 2. The summed E-state index contributed by atoms with van der Waals surface area (Å²) in [5.74, 6) is 1.62. The minimum Gasteiger partial charge on any atom is -0.487 e. The summed E-state index contributed by atoms with van der Waals surface area (Å²) >= 11 is 1.84. The van der Waals surface area contributed by atoms with Gasteiger partial charge in [0.05, 0.1) is 12.2 Å². The number of thiophene rings is 1. The summed E-state index contributed by atoms with van der Waals surface area (Å²) in [7, 11) is 1.79. The molecule has 5 nitrogen and oxygen atoms in total. The first-order chi connectivity index (χ1) is 13.8. The Hall–Kier alpha value is -2.13. The summed E-state index contributed by atoms with van der Waals surface area (Å²) in [6.45, 7) is 4.09. The molecule has 154 valence electrons. The lowest BCUT2D eigenvalue weighted by Crippen LogP contribution is -2.36. The van der Waals surface area contributed by atoms with Crippen LogP contribution in [0.2, 0.25) is 0 Å². The minimum atomic E-state index is 0. The van der Waals surface area contributed by atoms with Crippen LogP contribution in [-0.2, 0) is 26.1 Å². The predicted molar refractivity (Wildman–Crippen MR) is 131 cm³/mol. The Bertz CT molecular complexity index is 899. The smallest absolute Gasteiger partial charge is 0.191 e. The van der Waals surface area contributed by atoms with E-state index >= 15 is 0 Å². The zero-order valence-corrected chi connectivity index (χ0v) is 19.9. The highest BCUT2D eigenvalue weighted by Gasteiger charge is 2.03.